The highest BCUT2D eigenvalue weighted by atomic mass is 32.1. The van der Waals surface area contributed by atoms with Crippen LogP contribution in [-0.4, -0.2) is 9.97 Å². The molecule has 0 unspecified atom stereocenters. The maximum atomic E-state index is 4.89. The number of nitrogens with zero attached hydrogens (tertiary/aromatic N) is 2. The quantitative estimate of drug-likeness (QED) is 0.168. The number of hydrogen-bond donors (Lipinski definition) is 0. The molecule has 0 spiro atoms. The lowest BCUT2D eigenvalue weighted by atomic mass is 9.91. The van der Waals surface area contributed by atoms with Gasteiger partial charge >= 0.3 is 0 Å². The zero-order valence-corrected chi connectivity index (χ0v) is 31.7. The number of fused-ring (bicyclic) bond motifs is 12. The average molecular weight is 747 g/mol. The van der Waals surface area contributed by atoms with Crippen LogP contribution in [0.1, 0.15) is 0 Å². The van der Waals surface area contributed by atoms with Gasteiger partial charge in [0.1, 0.15) is 6.33 Å². The van der Waals surface area contributed by atoms with Gasteiger partial charge in [-0.3, -0.25) is 0 Å². The molecule has 0 saturated carbocycles. The summed E-state index contributed by atoms with van der Waals surface area (Å²) in [6.45, 7) is 0. The van der Waals surface area contributed by atoms with E-state index in [0.717, 1.165) is 26.9 Å². The van der Waals surface area contributed by atoms with E-state index in [9.17, 15) is 0 Å². The van der Waals surface area contributed by atoms with Crippen LogP contribution in [0.5, 0.6) is 0 Å². The Labute approximate surface area is 330 Å². The fourth-order valence-corrected chi connectivity index (χ4v) is 11.1. The summed E-state index contributed by atoms with van der Waals surface area (Å²) >= 11 is 3.64. The second-order valence-electron chi connectivity index (χ2n) is 14.5. The van der Waals surface area contributed by atoms with Crippen molar-refractivity contribution < 1.29 is 0 Å². The van der Waals surface area contributed by atoms with Gasteiger partial charge < -0.3 is 0 Å². The van der Waals surface area contributed by atoms with Gasteiger partial charge in [0.25, 0.3) is 0 Å². The second kappa shape index (κ2) is 12.4. The predicted molar refractivity (Wildman–Crippen MR) is 242 cm³/mol. The molecule has 4 heteroatoms. The van der Waals surface area contributed by atoms with Crippen LogP contribution in [0.4, 0.5) is 0 Å². The highest BCUT2D eigenvalue weighted by Gasteiger charge is 2.17. The number of thiophene rings is 2. The Morgan fingerprint density at radius 3 is 1.59 bits per heavy atom. The van der Waals surface area contributed by atoms with Crippen LogP contribution >= 0.6 is 22.7 Å². The van der Waals surface area contributed by atoms with Crippen LogP contribution in [0.2, 0.25) is 0 Å². The van der Waals surface area contributed by atoms with E-state index in [1.807, 2.05) is 11.3 Å². The third-order valence-electron chi connectivity index (χ3n) is 11.4. The standard InChI is InChI=1S/C52H30N2S2/c1-2-16-40-38(14-1)39-15-3-4-17-41(39)45-28-33(22-24-42(40)45)31-10-7-11-32(26-31)34-23-25-48-46(29-34)50-52(56-48)49(53-30-54-50)36-13-8-12-35(27-36)37-19-9-20-44-43-18-5-6-21-47(43)55-51(37)44/h1-30H. The number of hydrogen-bond acceptors (Lipinski definition) is 4. The van der Waals surface area contributed by atoms with Gasteiger partial charge in [-0.15, -0.1) is 22.7 Å². The fraction of sp³-hybridized carbons (Fsp3) is 0. The van der Waals surface area contributed by atoms with Crippen molar-refractivity contribution in [2.75, 3.05) is 0 Å². The van der Waals surface area contributed by atoms with Crippen LogP contribution in [0.25, 0.3) is 117 Å². The van der Waals surface area contributed by atoms with E-state index in [1.54, 1.807) is 17.7 Å². The van der Waals surface area contributed by atoms with E-state index in [1.165, 1.54) is 90.6 Å². The predicted octanol–water partition coefficient (Wildman–Crippen LogP) is 15.3. The number of aromatic nitrogens is 2. The summed E-state index contributed by atoms with van der Waals surface area (Å²) in [7, 11) is 0. The van der Waals surface area contributed by atoms with Gasteiger partial charge in [0.15, 0.2) is 0 Å². The molecule has 260 valence electrons. The zero-order chi connectivity index (χ0) is 36.7. The second-order valence-corrected chi connectivity index (χ2v) is 16.6. The Balaban J connectivity index is 0.940. The van der Waals surface area contributed by atoms with Crippen molar-refractivity contribution in [2.24, 2.45) is 0 Å². The topological polar surface area (TPSA) is 25.8 Å². The first kappa shape index (κ1) is 31.6. The molecule has 3 aromatic heterocycles. The summed E-state index contributed by atoms with van der Waals surface area (Å²) < 4.78 is 4.96. The molecule has 0 aliphatic rings. The van der Waals surface area contributed by atoms with Crippen molar-refractivity contribution in [1.82, 2.24) is 9.97 Å². The third-order valence-corrected chi connectivity index (χ3v) is 13.8. The molecular formula is C52H30N2S2. The molecule has 3 heterocycles. The molecule has 0 N–H and O–H groups in total. The van der Waals surface area contributed by atoms with Gasteiger partial charge in [0.05, 0.1) is 15.9 Å². The number of rotatable bonds is 4. The van der Waals surface area contributed by atoms with Crippen molar-refractivity contribution in [2.45, 2.75) is 0 Å². The molecule has 0 fully saturated rings. The van der Waals surface area contributed by atoms with Crippen molar-refractivity contribution in [3.63, 3.8) is 0 Å². The molecule has 56 heavy (non-hydrogen) atoms. The van der Waals surface area contributed by atoms with Crippen LogP contribution in [-0.2, 0) is 0 Å². The Morgan fingerprint density at radius 2 is 0.821 bits per heavy atom. The molecule has 0 bridgehead atoms. The third kappa shape index (κ3) is 4.86. The van der Waals surface area contributed by atoms with Gasteiger partial charge in [-0.25, -0.2) is 9.97 Å². The molecule has 9 aromatic carbocycles. The Hall–Kier alpha value is -6.72. The maximum absolute atomic E-state index is 4.89. The van der Waals surface area contributed by atoms with E-state index >= 15 is 0 Å². The summed E-state index contributed by atoms with van der Waals surface area (Å²) in [6, 6.07) is 64.4. The van der Waals surface area contributed by atoms with Crippen molar-refractivity contribution in [3.05, 3.63) is 182 Å². The van der Waals surface area contributed by atoms with Crippen molar-refractivity contribution in [3.8, 4) is 44.6 Å². The van der Waals surface area contributed by atoms with Crippen LogP contribution < -0.4 is 0 Å². The molecule has 2 nitrogen and oxygen atoms in total. The minimum Gasteiger partial charge on any atom is -0.235 e. The van der Waals surface area contributed by atoms with E-state index < -0.39 is 0 Å². The van der Waals surface area contributed by atoms with Crippen LogP contribution in [0.15, 0.2) is 182 Å². The maximum Gasteiger partial charge on any atom is 0.116 e. The van der Waals surface area contributed by atoms with Gasteiger partial charge in [0.2, 0.25) is 0 Å². The normalized spacial score (nSPS) is 11.9. The highest BCUT2D eigenvalue weighted by molar-refractivity contribution is 7.26. The molecule has 0 amide bonds. The lowest BCUT2D eigenvalue weighted by molar-refractivity contribution is 1.24. The smallest absolute Gasteiger partial charge is 0.116 e. The molecule has 0 atom stereocenters. The summed E-state index contributed by atoms with van der Waals surface area (Å²) in [5.74, 6) is 0. The lowest BCUT2D eigenvalue weighted by Crippen LogP contribution is -1.87. The molecule has 12 aromatic rings. The Morgan fingerprint density at radius 1 is 0.304 bits per heavy atom. The Kier molecular flexibility index (Phi) is 7.00. The minimum atomic E-state index is 0.974. The molecule has 0 aliphatic carbocycles. The summed E-state index contributed by atoms with van der Waals surface area (Å²) in [5, 5.41) is 11.5. The number of benzene rings is 9. The van der Waals surface area contributed by atoms with Crippen molar-refractivity contribution in [1.29, 1.82) is 0 Å². The van der Waals surface area contributed by atoms with Gasteiger partial charge in [-0.2, -0.15) is 0 Å². The fourth-order valence-electron chi connectivity index (χ4n) is 8.74. The lowest BCUT2D eigenvalue weighted by Gasteiger charge is -2.12. The molecular weight excluding hydrogens is 717 g/mol. The summed E-state index contributed by atoms with van der Waals surface area (Å²) in [5.41, 5.74) is 10.3. The first-order valence-corrected chi connectivity index (χ1v) is 20.5. The largest absolute Gasteiger partial charge is 0.235 e. The van der Waals surface area contributed by atoms with Crippen LogP contribution in [0.3, 0.4) is 0 Å². The minimum absolute atomic E-state index is 0.974. The first-order chi connectivity index (χ1) is 27.7. The van der Waals surface area contributed by atoms with E-state index in [-0.39, 0.29) is 0 Å². The Bertz CT molecular complexity index is 3520. The summed E-state index contributed by atoms with van der Waals surface area (Å²) in [4.78, 5) is 9.77. The monoisotopic (exact) mass is 746 g/mol. The highest BCUT2D eigenvalue weighted by Crippen LogP contribution is 2.43. The van der Waals surface area contributed by atoms with Gasteiger partial charge in [-0.05, 0) is 102 Å². The van der Waals surface area contributed by atoms with E-state index in [0.29, 0.717) is 0 Å². The average Bonchev–Trinajstić information content (AvgIpc) is 3.85. The van der Waals surface area contributed by atoms with E-state index in [2.05, 4.69) is 176 Å². The molecule has 0 aliphatic heterocycles. The van der Waals surface area contributed by atoms with Crippen LogP contribution in [0, 0.1) is 0 Å². The summed E-state index contributed by atoms with van der Waals surface area (Å²) in [6.07, 6.45) is 1.73. The first-order valence-electron chi connectivity index (χ1n) is 18.9. The molecule has 0 radical (unpaired) electrons. The van der Waals surface area contributed by atoms with Gasteiger partial charge in [-0.1, -0.05) is 140 Å². The van der Waals surface area contributed by atoms with Gasteiger partial charge in [0, 0.05) is 35.8 Å². The van der Waals surface area contributed by atoms with E-state index in [4.69, 9.17) is 9.97 Å². The molecule has 0 saturated heterocycles. The zero-order valence-electron chi connectivity index (χ0n) is 30.0. The van der Waals surface area contributed by atoms with Crippen molar-refractivity contribution >= 4 is 95.5 Å². The molecule has 12 rings (SSSR count). The SMILES string of the molecule is c1cc(-c2ccc3c4ccccc4c4ccccc4c3c2)cc(-c2ccc3sc4c(-c5cccc(-c6cccc7c6sc6ccccc67)c5)ncnc4c3c2)c1.